The summed E-state index contributed by atoms with van der Waals surface area (Å²) in [5, 5.41) is 19.6. The van der Waals surface area contributed by atoms with Crippen LogP contribution in [0.5, 0.6) is 0 Å². The van der Waals surface area contributed by atoms with Crippen molar-refractivity contribution in [1.82, 2.24) is 4.98 Å². The van der Waals surface area contributed by atoms with Gasteiger partial charge in [0.25, 0.3) is 0 Å². The van der Waals surface area contributed by atoms with E-state index in [0.29, 0.717) is 12.8 Å². The summed E-state index contributed by atoms with van der Waals surface area (Å²) in [6.45, 7) is 3.81. The summed E-state index contributed by atoms with van der Waals surface area (Å²) in [5.41, 5.74) is 0.835. The lowest BCUT2D eigenvalue weighted by Crippen LogP contribution is -2.48. The van der Waals surface area contributed by atoms with Crippen LogP contribution in [0.4, 0.5) is 0 Å². The van der Waals surface area contributed by atoms with Crippen LogP contribution in [0.1, 0.15) is 38.7 Å². The quantitative estimate of drug-likeness (QED) is 0.535. The topological polar surface area (TPSA) is 98.1 Å². The van der Waals surface area contributed by atoms with E-state index in [1.807, 2.05) is 13.0 Å². The van der Waals surface area contributed by atoms with Crippen molar-refractivity contribution in [1.29, 1.82) is 0 Å². The normalized spacial score (nSPS) is 27.4. The van der Waals surface area contributed by atoms with E-state index in [1.54, 1.807) is 31.5 Å². The standard InChI is InChI=1S/C19H27NO6/c1-13(25-19-17(22)10-16(21)14(2)26-19)6-3-4-8-18(23)24-12-15-7-5-9-20-11-15/h4-5,7-9,11,13-14,16-17,19,21-22H,3,6,10,12H2,1-2H3/b8-4+/t13-,14+,16?,17-,19-/m1/s1. The number of hydrogen-bond donors (Lipinski definition) is 2. The largest absolute Gasteiger partial charge is 0.458 e. The number of carbonyl (C=O) groups excluding carboxylic acids is 1. The number of rotatable bonds is 8. The molecule has 1 aromatic heterocycles. The molecule has 0 aromatic carbocycles. The lowest BCUT2D eigenvalue weighted by Gasteiger charge is -2.36. The van der Waals surface area contributed by atoms with Crippen molar-refractivity contribution in [2.75, 3.05) is 0 Å². The predicted octanol–water partition coefficient (Wildman–Crippen LogP) is 1.72. The SMILES string of the molecule is C[C@H](CC/C=C/C(=O)OCc1cccnc1)O[C@@H]1O[C@@H](C)C(O)C[C@H]1O. The van der Waals surface area contributed by atoms with Crippen LogP contribution < -0.4 is 0 Å². The third-order valence-electron chi connectivity index (χ3n) is 4.15. The van der Waals surface area contributed by atoms with Gasteiger partial charge in [0.1, 0.15) is 12.7 Å². The Bertz CT molecular complexity index is 579. The number of hydrogen-bond acceptors (Lipinski definition) is 7. The third kappa shape index (κ3) is 6.84. The molecule has 26 heavy (non-hydrogen) atoms. The van der Waals surface area contributed by atoms with Gasteiger partial charge in [-0.25, -0.2) is 4.79 Å². The zero-order valence-corrected chi connectivity index (χ0v) is 15.2. The van der Waals surface area contributed by atoms with E-state index in [2.05, 4.69) is 4.98 Å². The number of aromatic nitrogens is 1. The number of aliphatic hydroxyl groups is 2. The molecule has 5 atom stereocenters. The van der Waals surface area contributed by atoms with E-state index in [4.69, 9.17) is 14.2 Å². The highest BCUT2D eigenvalue weighted by Crippen LogP contribution is 2.22. The molecule has 0 amide bonds. The van der Waals surface area contributed by atoms with Gasteiger partial charge in [-0.3, -0.25) is 4.98 Å². The second-order valence-electron chi connectivity index (χ2n) is 6.48. The molecule has 1 aliphatic rings. The molecule has 7 heteroatoms. The van der Waals surface area contributed by atoms with E-state index in [1.165, 1.54) is 6.08 Å². The maximum absolute atomic E-state index is 11.7. The monoisotopic (exact) mass is 365 g/mol. The first-order valence-corrected chi connectivity index (χ1v) is 8.85. The zero-order valence-electron chi connectivity index (χ0n) is 15.2. The lowest BCUT2D eigenvalue weighted by atomic mass is 10.0. The van der Waals surface area contributed by atoms with E-state index in [0.717, 1.165) is 5.56 Å². The minimum atomic E-state index is -0.846. The highest BCUT2D eigenvalue weighted by Gasteiger charge is 2.35. The molecular formula is C19H27NO6. The maximum atomic E-state index is 11.7. The zero-order chi connectivity index (χ0) is 18.9. The van der Waals surface area contributed by atoms with Crippen LogP contribution in [0.3, 0.4) is 0 Å². The predicted molar refractivity (Wildman–Crippen MR) is 93.9 cm³/mol. The Morgan fingerprint density at radius 2 is 2.27 bits per heavy atom. The number of aliphatic hydroxyl groups excluding tert-OH is 2. The van der Waals surface area contributed by atoms with Gasteiger partial charge < -0.3 is 24.4 Å². The number of nitrogens with zero attached hydrogens (tertiary/aromatic N) is 1. The highest BCUT2D eigenvalue weighted by atomic mass is 16.7. The molecule has 0 saturated carbocycles. The van der Waals surface area contributed by atoms with Crippen LogP contribution in [-0.2, 0) is 25.6 Å². The van der Waals surface area contributed by atoms with Crippen LogP contribution >= 0.6 is 0 Å². The van der Waals surface area contributed by atoms with Crippen LogP contribution in [-0.4, -0.2) is 51.9 Å². The van der Waals surface area contributed by atoms with Gasteiger partial charge in [0.2, 0.25) is 0 Å². The van der Waals surface area contributed by atoms with Gasteiger partial charge in [0.05, 0.1) is 18.3 Å². The molecule has 2 heterocycles. The van der Waals surface area contributed by atoms with Crippen LogP contribution in [0.25, 0.3) is 0 Å². The Hall–Kier alpha value is -1.80. The van der Waals surface area contributed by atoms with Gasteiger partial charge >= 0.3 is 5.97 Å². The molecule has 1 fully saturated rings. The molecule has 1 unspecified atom stereocenters. The minimum Gasteiger partial charge on any atom is -0.458 e. The molecule has 2 rings (SSSR count). The van der Waals surface area contributed by atoms with Crippen molar-refractivity contribution < 1.29 is 29.2 Å². The number of pyridine rings is 1. The van der Waals surface area contributed by atoms with E-state index in [9.17, 15) is 15.0 Å². The summed E-state index contributed by atoms with van der Waals surface area (Å²) >= 11 is 0. The average Bonchev–Trinajstić information content (AvgIpc) is 2.62. The molecule has 1 saturated heterocycles. The van der Waals surface area contributed by atoms with E-state index < -0.39 is 24.5 Å². The minimum absolute atomic E-state index is 0.159. The molecule has 7 nitrogen and oxygen atoms in total. The van der Waals surface area contributed by atoms with Crippen LogP contribution in [0.15, 0.2) is 36.7 Å². The van der Waals surface area contributed by atoms with Crippen molar-refractivity contribution in [3.63, 3.8) is 0 Å². The van der Waals surface area contributed by atoms with Crippen molar-refractivity contribution in [2.45, 2.75) is 70.4 Å². The maximum Gasteiger partial charge on any atom is 0.330 e. The van der Waals surface area contributed by atoms with Crippen molar-refractivity contribution in [3.05, 3.63) is 42.2 Å². The summed E-state index contributed by atoms with van der Waals surface area (Å²) in [6, 6.07) is 3.62. The summed E-state index contributed by atoms with van der Waals surface area (Å²) in [7, 11) is 0. The van der Waals surface area contributed by atoms with Gasteiger partial charge in [-0.15, -0.1) is 0 Å². The van der Waals surface area contributed by atoms with Gasteiger partial charge in [-0.2, -0.15) is 0 Å². The molecule has 0 radical (unpaired) electrons. The second-order valence-corrected chi connectivity index (χ2v) is 6.48. The Kier molecular flexibility index (Phi) is 8.18. The first kappa shape index (κ1) is 20.5. The average molecular weight is 365 g/mol. The molecule has 0 spiro atoms. The van der Waals surface area contributed by atoms with Gasteiger partial charge in [-0.1, -0.05) is 12.1 Å². The molecule has 2 N–H and O–H groups in total. The van der Waals surface area contributed by atoms with Crippen molar-refractivity contribution >= 4 is 5.97 Å². The summed E-state index contributed by atoms with van der Waals surface area (Å²) in [5.74, 6) is -0.406. The lowest BCUT2D eigenvalue weighted by molar-refractivity contribution is -0.273. The Balaban J connectivity index is 1.63. The first-order chi connectivity index (χ1) is 12.5. The van der Waals surface area contributed by atoms with Gasteiger partial charge in [-0.05, 0) is 32.8 Å². The van der Waals surface area contributed by atoms with Crippen molar-refractivity contribution in [3.8, 4) is 0 Å². The number of esters is 1. The summed E-state index contributed by atoms with van der Waals surface area (Å²) in [6.07, 6.45) is 5.18. The van der Waals surface area contributed by atoms with Crippen molar-refractivity contribution in [2.24, 2.45) is 0 Å². The Labute approximate surface area is 153 Å². The smallest absolute Gasteiger partial charge is 0.330 e. The van der Waals surface area contributed by atoms with Crippen LogP contribution in [0.2, 0.25) is 0 Å². The fraction of sp³-hybridized carbons (Fsp3) is 0.579. The number of carbonyl (C=O) groups is 1. The van der Waals surface area contributed by atoms with Gasteiger partial charge in [0, 0.05) is 30.5 Å². The second kappa shape index (κ2) is 10.4. The molecule has 144 valence electrons. The van der Waals surface area contributed by atoms with Crippen LogP contribution in [0, 0.1) is 0 Å². The molecule has 1 aliphatic heterocycles. The number of allylic oxidation sites excluding steroid dienone is 1. The molecule has 1 aromatic rings. The highest BCUT2D eigenvalue weighted by molar-refractivity contribution is 5.81. The molecule has 0 bridgehead atoms. The van der Waals surface area contributed by atoms with E-state index in [-0.39, 0.29) is 25.2 Å². The summed E-state index contributed by atoms with van der Waals surface area (Å²) < 4.78 is 16.3. The first-order valence-electron chi connectivity index (χ1n) is 8.85. The third-order valence-corrected chi connectivity index (χ3v) is 4.15. The fourth-order valence-electron chi connectivity index (χ4n) is 2.56. The van der Waals surface area contributed by atoms with E-state index >= 15 is 0 Å². The molecular weight excluding hydrogens is 338 g/mol. The Morgan fingerprint density at radius 1 is 1.46 bits per heavy atom. The molecule has 0 aliphatic carbocycles. The summed E-state index contributed by atoms with van der Waals surface area (Å²) in [4.78, 5) is 15.6. The Morgan fingerprint density at radius 3 is 3.00 bits per heavy atom. The fourth-order valence-corrected chi connectivity index (χ4v) is 2.56. The van der Waals surface area contributed by atoms with Gasteiger partial charge in [0.15, 0.2) is 6.29 Å². The number of ether oxygens (including phenoxy) is 3.